The number of rotatable bonds is 6. The van der Waals surface area contributed by atoms with Crippen LogP contribution in [0.15, 0.2) is 121 Å². The van der Waals surface area contributed by atoms with Gasteiger partial charge in [-0.3, -0.25) is 19.1 Å². The van der Waals surface area contributed by atoms with Gasteiger partial charge in [-0.1, -0.05) is 49.0 Å². The highest BCUT2D eigenvalue weighted by Crippen LogP contribution is 2.34. The lowest BCUT2D eigenvalue weighted by Crippen LogP contribution is -2.27. The summed E-state index contributed by atoms with van der Waals surface area (Å²) in [4.78, 5) is 32.3. The number of benzene rings is 4. The van der Waals surface area contributed by atoms with Crippen LogP contribution in [0.25, 0.3) is 38.6 Å². The first kappa shape index (κ1) is 29.0. The van der Waals surface area contributed by atoms with Gasteiger partial charge in [0, 0.05) is 35.3 Å². The van der Waals surface area contributed by atoms with Crippen molar-refractivity contribution in [1.29, 1.82) is 0 Å². The summed E-state index contributed by atoms with van der Waals surface area (Å²) in [6.07, 6.45) is -0.674. The van der Waals surface area contributed by atoms with Gasteiger partial charge in [-0.2, -0.15) is 13.2 Å². The molecule has 0 saturated carbocycles. The Hall–Kier alpha value is -5.70. The van der Waals surface area contributed by atoms with Crippen LogP contribution < -0.4 is 15.2 Å². The molecule has 0 spiro atoms. The third-order valence-electron chi connectivity index (χ3n) is 8.23. The predicted octanol–water partition coefficient (Wildman–Crippen LogP) is 7.88. The lowest BCUT2D eigenvalue weighted by atomic mass is 10.0. The third kappa shape index (κ3) is 5.30. The van der Waals surface area contributed by atoms with E-state index in [9.17, 15) is 22.8 Å². The molecule has 0 unspecified atom stereocenters. The second-order valence-corrected chi connectivity index (χ2v) is 11.1. The molecule has 0 aliphatic carbocycles. The zero-order valence-electron chi connectivity index (χ0n) is 24.4. The number of amides is 1. The number of hydrogen-bond donors (Lipinski definition) is 0. The van der Waals surface area contributed by atoms with Crippen molar-refractivity contribution in [3.05, 3.63) is 143 Å². The van der Waals surface area contributed by atoms with Gasteiger partial charge < -0.3 is 9.64 Å². The van der Waals surface area contributed by atoms with Gasteiger partial charge in [-0.05, 0) is 83.3 Å². The first-order valence-electron chi connectivity index (χ1n) is 14.6. The van der Waals surface area contributed by atoms with Crippen molar-refractivity contribution in [3.63, 3.8) is 0 Å². The number of hydrogen-bond acceptors (Lipinski definition) is 4. The highest BCUT2D eigenvalue weighted by Gasteiger charge is 2.30. The average Bonchev–Trinajstić information content (AvgIpc) is 3.50. The number of fused-ring (bicyclic) bond motifs is 4. The molecule has 1 aliphatic heterocycles. The van der Waals surface area contributed by atoms with Crippen molar-refractivity contribution >= 4 is 33.4 Å². The molecule has 0 atom stereocenters. The molecule has 0 fully saturated rings. The summed E-state index contributed by atoms with van der Waals surface area (Å²) in [5.74, 6) is -0.0454. The Balaban J connectivity index is 1.24. The molecule has 0 bridgehead atoms. The van der Waals surface area contributed by atoms with Crippen LogP contribution in [0.3, 0.4) is 0 Å². The molecule has 6 nitrogen and oxygen atoms in total. The summed E-state index contributed by atoms with van der Waals surface area (Å²) in [6.45, 7) is 4.29. The maximum Gasteiger partial charge on any atom is 0.416 e. The van der Waals surface area contributed by atoms with Crippen molar-refractivity contribution in [2.45, 2.75) is 19.2 Å². The van der Waals surface area contributed by atoms with E-state index in [-0.39, 0.29) is 23.8 Å². The Morgan fingerprint density at radius 3 is 2.52 bits per heavy atom. The van der Waals surface area contributed by atoms with Crippen molar-refractivity contribution in [2.75, 3.05) is 11.4 Å². The van der Waals surface area contributed by atoms with Gasteiger partial charge in [-0.25, -0.2) is 0 Å². The van der Waals surface area contributed by atoms with E-state index in [1.54, 1.807) is 21.7 Å². The molecule has 4 aromatic carbocycles. The highest BCUT2D eigenvalue weighted by atomic mass is 19.4. The molecule has 46 heavy (non-hydrogen) atoms. The van der Waals surface area contributed by atoms with Crippen molar-refractivity contribution in [2.24, 2.45) is 0 Å². The number of halogens is 3. The van der Waals surface area contributed by atoms with Crippen molar-refractivity contribution in [1.82, 2.24) is 9.55 Å². The van der Waals surface area contributed by atoms with Crippen LogP contribution >= 0.6 is 0 Å². The summed E-state index contributed by atoms with van der Waals surface area (Å²) >= 11 is 0. The molecule has 9 heteroatoms. The number of carbonyl (C=O) groups is 1. The molecule has 0 saturated heterocycles. The smallest absolute Gasteiger partial charge is 0.416 e. The number of carbonyl (C=O) groups excluding carboxylic acids is 1. The molecule has 7 rings (SSSR count). The minimum absolute atomic E-state index is 0.108. The van der Waals surface area contributed by atoms with Crippen LogP contribution in [0.2, 0.25) is 0 Å². The second-order valence-electron chi connectivity index (χ2n) is 11.1. The molecule has 0 radical (unpaired) electrons. The zero-order chi connectivity index (χ0) is 32.0. The van der Waals surface area contributed by atoms with Crippen molar-refractivity contribution in [3.8, 4) is 22.6 Å². The van der Waals surface area contributed by atoms with E-state index in [0.29, 0.717) is 23.3 Å². The fourth-order valence-corrected chi connectivity index (χ4v) is 5.92. The van der Waals surface area contributed by atoms with Gasteiger partial charge >= 0.3 is 6.18 Å². The van der Waals surface area contributed by atoms with E-state index in [1.165, 1.54) is 24.3 Å². The fourth-order valence-electron chi connectivity index (χ4n) is 5.92. The van der Waals surface area contributed by atoms with E-state index in [2.05, 4.69) is 11.6 Å². The Morgan fingerprint density at radius 2 is 1.74 bits per heavy atom. The summed E-state index contributed by atoms with van der Waals surface area (Å²) < 4.78 is 46.5. The molecule has 1 amide bonds. The van der Waals surface area contributed by atoms with Crippen LogP contribution in [0.5, 0.6) is 5.75 Å². The van der Waals surface area contributed by atoms with Crippen LogP contribution in [0.1, 0.15) is 16.7 Å². The Morgan fingerprint density at radius 1 is 0.935 bits per heavy atom. The number of aromatic nitrogens is 2. The van der Waals surface area contributed by atoms with E-state index in [0.717, 1.165) is 57.3 Å². The maximum atomic E-state index is 13.5. The summed E-state index contributed by atoms with van der Waals surface area (Å²) in [6, 6.07) is 27.2. The SMILES string of the molecule is C=CC(=O)N1CCc2ccc(-n3c(=O)ccc4cnc5ccc(-c6ccc(COc7cccc(C(F)(F)F)c7)cc6)cc5c43)cc21. The Labute approximate surface area is 261 Å². The van der Waals surface area contributed by atoms with Gasteiger partial charge in [0.15, 0.2) is 0 Å². The summed E-state index contributed by atoms with van der Waals surface area (Å²) in [7, 11) is 0. The lowest BCUT2D eigenvalue weighted by Gasteiger charge is -2.18. The van der Waals surface area contributed by atoms with Gasteiger partial charge in [0.1, 0.15) is 12.4 Å². The van der Waals surface area contributed by atoms with Crippen molar-refractivity contribution < 1.29 is 22.7 Å². The van der Waals surface area contributed by atoms with E-state index in [4.69, 9.17) is 4.74 Å². The minimum atomic E-state index is -4.44. The molecule has 2 aromatic heterocycles. The first-order chi connectivity index (χ1) is 22.2. The maximum absolute atomic E-state index is 13.5. The summed E-state index contributed by atoms with van der Waals surface area (Å²) in [5, 5.41) is 1.56. The van der Waals surface area contributed by atoms with E-state index in [1.807, 2.05) is 60.7 Å². The van der Waals surface area contributed by atoms with E-state index >= 15 is 0 Å². The number of nitrogens with zero attached hydrogens (tertiary/aromatic N) is 3. The van der Waals surface area contributed by atoms with Crippen LogP contribution in [-0.2, 0) is 24.0 Å². The third-order valence-corrected chi connectivity index (χ3v) is 8.23. The molecule has 3 heterocycles. The monoisotopic (exact) mass is 617 g/mol. The average molecular weight is 618 g/mol. The minimum Gasteiger partial charge on any atom is -0.489 e. The van der Waals surface area contributed by atoms with Gasteiger partial charge in [-0.15, -0.1) is 0 Å². The Kier molecular flexibility index (Phi) is 7.16. The molecular weight excluding hydrogens is 591 g/mol. The molecular formula is C37H26F3N3O3. The first-order valence-corrected chi connectivity index (χ1v) is 14.6. The summed E-state index contributed by atoms with van der Waals surface area (Å²) in [5.41, 5.74) is 5.47. The van der Waals surface area contributed by atoms with Gasteiger partial charge in [0.2, 0.25) is 5.91 Å². The largest absolute Gasteiger partial charge is 0.489 e. The van der Waals surface area contributed by atoms with Crippen LogP contribution in [0.4, 0.5) is 18.9 Å². The molecule has 6 aromatic rings. The number of pyridine rings is 2. The lowest BCUT2D eigenvalue weighted by molar-refractivity contribution is -0.137. The highest BCUT2D eigenvalue weighted by molar-refractivity contribution is 6.06. The molecule has 228 valence electrons. The fraction of sp³-hybridized carbons (Fsp3) is 0.108. The molecule has 1 aliphatic rings. The van der Waals surface area contributed by atoms with Crippen LogP contribution in [-0.4, -0.2) is 22.0 Å². The van der Waals surface area contributed by atoms with Crippen LogP contribution in [0, 0.1) is 0 Å². The number of anilines is 1. The quantitative estimate of drug-likeness (QED) is 0.141. The molecule has 0 N–H and O–H groups in total. The van der Waals surface area contributed by atoms with E-state index < -0.39 is 11.7 Å². The zero-order valence-corrected chi connectivity index (χ0v) is 24.4. The van der Waals surface area contributed by atoms with Gasteiger partial charge in [0.25, 0.3) is 5.56 Å². The number of ether oxygens (including phenoxy) is 1. The topological polar surface area (TPSA) is 64.4 Å². The number of alkyl halides is 3. The normalized spacial score (nSPS) is 12.8. The predicted molar refractivity (Wildman–Crippen MR) is 172 cm³/mol. The van der Waals surface area contributed by atoms with Gasteiger partial charge in [0.05, 0.1) is 22.3 Å². The standard InChI is InChI=1S/C37H26F3N3O3/c1-2-34(44)42-17-16-25-10-13-29(20-33(25)42)43-35(45)15-12-27-21-41-32-14-11-26(18-31(32)36(27)43)24-8-6-23(7-9-24)22-46-30-5-3-4-28(19-30)37(38,39)40/h2-15,18-21H,1,16-17,22H2. The Bertz CT molecular complexity index is 2220. The second kappa shape index (κ2) is 11.3.